The molecule has 0 radical (unpaired) electrons. The van der Waals surface area contributed by atoms with Crippen LogP contribution in [0.15, 0.2) is 16.6 Å². The van der Waals surface area contributed by atoms with E-state index < -0.39 is 24.2 Å². The molecular formula is C9H7BrF3NO4. The first-order chi connectivity index (χ1) is 8.11. The largest absolute Gasteiger partial charge is 0.573 e. The smallest absolute Gasteiger partial charge is 0.479 e. The maximum absolute atomic E-state index is 12.1. The van der Waals surface area contributed by atoms with Gasteiger partial charge in [0.05, 0.1) is 5.69 Å². The van der Waals surface area contributed by atoms with Crippen molar-refractivity contribution in [2.45, 2.75) is 12.5 Å². The van der Waals surface area contributed by atoms with E-state index in [9.17, 15) is 23.1 Å². The Hall–Kier alpha value is -1.48. The summed E-state index contributed by atoms with van der Waals surface area (Å²) in [7, 11) is 0. The highest BCUT2D eigenvalue weighted by Gasteiger charge is 2.33. The third kappa shape index (κ3) is 3.50. The molecule has 1 atom stereocenters. The van der Waals surface area contributed by atoms with Crippen molar-refractivity contribution in [2.24, 2.45) is 0 Å². The quantitative estimate of drug-likeness (QED) is 0.738. The zero-order valence-electron chi connectivity index (χ0n) is 8.53. The van der Waals surface area contributed by atoms with Crippen LogP contribution in [0.4, 0.5) is 18.9 Å². The number of anilines is 1. The molecule has 0 amide bonds. The molecule has 0 saturated carbocycles. The van der Waals surface area contributed by atoms with Gasteiger partial charge in [0, 0.05) is 4.47 Å². The molecule has 5 nitrogen and oxygen atoms in total. The van der Waals surface area contributed by atoms with Crippen molar-refractivity contribution in [3.63, 3.8) is 0 Å². The highest BCUT2D eigenvalue weighted by molar-refractivity contribution is 9.10. The lowest BCUT2D eigenvalue weighted by molar-refractivity contribution is -0.274. The van der Waals surface area contributed by atoms with E-state index in [2.05, 4.69) is 20.7 Å². The molecule has 0 heterocycles. The summed E-state index contributed by atoms with van der Waals surface area (Å²) in [5, 5.41) is 17.8. The Morgan fingerprint density at radius 3 is 2.44 bits per heavy atom. The first-order valence-corrected chi connectivity index (χ1v) is 5.16. The zero-order chi connectivity index (χ0) is 14.1. The number of nitrogen functional groups attached to an aromatic ring is 1. The molecule has 9 heteroatoms. The van der Waals surface area contributed by atoms with E-state index in [1.165, 1.54) is 0 Å². The minimum Gasteiger partial charge on any atom is -0.479 e. The van der Waals surface area contributed by atoms with Gasteiger partial charge in [-0.1, -0.05) is 0 Å². The van der Waals surface area contributed by atoms with E-state index in [1.807, 2.05) is 0 Å². The maximum Gasteiger partial charge on any atom is 0.573 e. The molecule has 0 aliphatic heterocycles. The first-order valence-electron chi connectivity index (χ1n) is 4.37. The second-order valence-electron chi connectivity index (χ2n) is 3.20. The van der Waals surface area contributed by atoms with Crippen molar-refractivity contribution in [1.82, 2.24) is 0 Å². The summed E-state index contributed by atoms with van der Waals surface area (Å²) in [5.74, 6) is -2.39. The standard InChI is InChI=1S/C9H7BrF3NO4/c10-4-1-3(7(15)8(16)17)2-5(6(4)14)18-9(11,12)13/h1-2,7,15H,14H2,(H,16,17). The number of hydrogen-bond acceptors (Lipinski definition) is 4. The van der Waals surface area contributed by atoms with Gasteiger partial charge in [0.15, 0.2) is 11.9 Å². The molecule has 1 aromatic rings. The van der Waals surface area contributed by atoms with Crippen LogP contribution >= 0.6 is 15.9 Å². The van der Waals surface area contributed by atoms with Gasteiger partial charge in [-0.15, -0.1) is 13.2 Å². The fourth-order valence-electron chi connectivity index (χ4n) is 1.12. The minimum atomic E-state index is -4.97. The number of carbonyl (C=O) groups is 1. The Bertz CT molecular complexity index is 478. The van der Waals surface area contributed by atoms with Crippen LogP contribution in [0.5, 0.6) is 5.75 Å². The summed E-state index contributed by atoms with van der Waals surface area (Å²) in [6, 6.07) is 1.81. The van der Waals surface area contributed by atoms with Crippen molar-refractivity contribution in [3.05, 3.63) is 22.2 Å². The van der Waals surface area contributed by atoms with Gasteiger partial charge in [0.2, 0.25) is 0 Å². The number of hydrogen-bond donors (Lipinski definition) is 3. The topological polar surface area (TPSA) is 92.8 Å². The van der Waals surface area contributed by atoms with E-state index in [1.54, 1.807) is 0 Å². The predicted molar refractivity (Wildman–Crippen MR) is 57.8 cm³/mol. The second kappa shape index (κ2) is 5.02. The zero-order valence-corrected chi connectivity index (χ0v) is 10.1. The summed E-state index contributed by atoms with van der Waals surface area (Å²) < 4.78 is 39.8. The van der Waals surface area contributed by atoms with Crippen LogP contribution in [0.25, 0.3) is 0 Å². The summed E-state index contributed by atoms with van der Waals surface area (Å²) >= 11 is 2.85. The Labute approximate surface area is 107 Å². The Balaban J connectivity index is 3.22. The normalized spacial score (nSPS) is 13.2. The van der Waals surface area contributed by atoms with Crippen LogP contribution in [-0.2, 0) is 4.79 Å². The van der Waals surface area contributed by atoms with E-state index >= 15 is 0 Å². The van der Waals surface area contributed by atoms with Gasteiger partial charge in [-0.3, -0.25) is 0 Å². The van der Waals surface area contributed by atoms with Crippen LogP contribution in [-0.4, -0.2) is 22.5 Å². The lowest BCUT2D eigenvalue weighted by Crippen LogP contribution is -2.19. The lowest BCUT2D eigenvalue weighted by atomic mass is 10.1. The SMILES string of the molecule is Nc1c(Br)cc(C(O)C(=O)O)cc1OC(F)(F)F. The molecule has 1 unspecified atom stereocenters. The van der Waals surface area contributed by atoms with Gasteiger partial charge >= 0.3 is 12.3 Å². The van der Waals surface area contributed by atoms with Crippen LogP contribution in [0.2, 0.25) is 0 Å². The number of rotatable bonds is 3. The van der Waals surface area contributed by atoms with Crippen LogP contribution < -0.4 is 10.5 Å². The van der Waals surface area contributed by atoms with Gasteiger partial charge in [0.25, 0.3) is 0 Å². The molecule has 0 saturated heterocycles. The number of aliphatic carboxylic acids is 1. The third-order valence-corrected chi connectivity index (χ3v) is 2.55. The Morgan fingerprint density at radius 1 is 1.44 bits per heavy atom. The average Bonchev–Trinajstić information content (AvgIpc) is 2.21. The van der Waals surface area contributed by atoms with Crippen LogP contribution in [0.3, 0.4) is 0 Å². The lowest BCUT2D eigenvalue weighted by Gasteiger charge is -2.15. The van der Waals surface area contributed by atoms with Gasteiger partial charge in [-0.25, -0.2) is 4.79 Å². The van der Waals surface area contributed by atoms with Crippen molar-refractivity contribution >= 4 is 27.6 Å². The van der Waals surface area contributed by atoms with E-state index in [-0.39, 0.29) is 15.7 Å². The molecule has 0 fully saturated rings. The molecule has 100 valence electrons. The molecule has 1 rings (SSSR count). The van der Waals surface area contributed by atoms with Gasteiger partial charge in [-0.05, 0) is 33.6 Å². The number of alkyl halides is 3. The van der Waals surface area contributed by atoms with Crippen molar-refractivity contribution < 1.29 is 32.9 Å². The van der Waals surface area contributed by atoms with Crippen molar-refractivity contribution in [3.8, 4) is 5.75 Å². The molecule has 18 heavy (non-hydrogen) atoms. The van der Waals surface area contributed by atoms with Gasteiger partial charge < -0.3 is 20.7 Å². The number of halogens is 4. The molecule has 4 N–H and O–H groups in total. The van der Waals surface area contributed by atoms with E-state index in [0.29, 0.717) is 6.07 Å². The van der Waals surface area contributed by atoms with E-state index in [0.717, 1.165) is 6.07 Å². The average molecular weight is 330 g/mol. The number of carboxylic acids is 1. The molecule has 0 aromatic heterocycles. The Morgan fingerprint density at radius 2 is 2.00 bits per heavy atom. The highest BCUT2D eigenvalue weighted by Crippen LogP contribution is 2.36. The van der Waals surface area contributed by atoms with Crippen LogP contribution in [0, 0.1) is 0 Å². The molecule has 0 bridgehead atoms. The fourth-order valence-corrected chi connectivity index (χ4v) is 1.58. The van der Waals surface area contributed by atoms with Crippen molar-refractivity contribution in [1.29, 1.82) is 0 Å². The Kier molecular flexibility index (Phi) is 4.07. The molecule has 1 aromatic carbocycles. The van der Waals surface area contributed by atoms with Crippen molar-refractivity contribution in [2.75, 3.05) is 5.73 Å². The maximum atomic E-state index is 12.1. The van der Waals surface area contributed by atoms with Gasteiger partial charge in [0.1, 0.15) is 0 Å². The number of aliphatic hydroxyl groups excluding tert-OH is 1. The highest BCUT2D eigenvalue weighted by atomic mass is 79.9. The number of nitrogens with two attached hydrogens (primary N) is 1. The summed E-state index contributed by atoms with van der Waals surface area (Å²) in [6.07, 6.45) is -6.95. The summed E-state index contributed by atoms with van der Waals surface area (Å²) in [5.41, 5.74) is 4.69. The number of benzene rings is 1. The summed E-state index contributed by atoms with van der Waals surface area (Å²) in [6.45, 7) is 0. The first kappa shape index (κ1) is 14.6. The van der Waals surface area contributed by atoms with Crippen LogP contribution in [0.1, 0.15) is 11.7 Å². The fraction of sp³-hybridized carbons (Fsp3) is 0.222. The second-order valence-corrected chi connectivity index (χ2v) is 4.06. The summed E-state index contributed by atoms with van der Waals surface area (Å²) in [4.78, 5) is 10.5. The number of carboxylic acid groups (broad SMARTS) is 1. The molecular weight excluding hydrogens is 323 g/mol. The predicted octanol–water partition coefficient (Wildman–Crippen LogP) is 2.05. The molecule has 0 aliphatic carbocycles. The number of aliphatic hydroxyl groups is 1. The molecule has 0 aliphatic rings. The minimum absolute atomic E-state index is 0.0143. The van der Waals surface area contributed by atoms with E-state index in [4.69, 9.17) is 10.8 Å². The van der Waals surface area contributed by atoms with Gasteiger partial charge in [-0.2, -0.15) is 0 Å². The third-order valence-electron chi connectivity index (χ3n) is 1.89. The molecule has 0 spiro atoms. The number of ether oxygens (including phenoxy) is 1. The monoisotopic (exact) mass is 329 g/mol.